The molecule has 0 aromatic rings. The fraction of sp³-hybridized carbons (Fsp3) is 0.810. The van der Waals surface area contributed by atoms with Crippen LogP contribution in [0.2, 0.25) is 0 Å². The lowest BCUT2D eigenvalue weighted by atomic mass is 9.44. The summed E-state index contributed by atoms with van der Waals surface area (Å²) in [5.74, 6) is 1.27. The number of hydrogen-bond acceptors (Lipinski definition) is 3. The Balaban J connectivity index is 1.81. The van der Waals surface area contributed by atoms with Gasteiger partial charge in [0.25, 0.3) is 0 Å². The Morgan fingerprint density at radius 3 is 2.62 bits per heavy atom. The van der Waals surface area contributed by atoms with Crippen molar-refractivity contribution in [1.29, 1.82) is 0 Å². The Bertz CT molecular complexity index is 752. The molecule has 4 rings (SSSR count). The maximum atomic E-state index is 12.4. The van der Waals surface area contributed by atoms with Crippen molar-refractivity contribution in [2.45, 2.75) is 77.7 Å². The predicted octanol–water partition coefficient (Wildman–Crippen LogP) is 5.16. The van der Waals surface area contributed by atoms with Gasteiger partial charge in [0, 0.05) is 17.3 Å². The van der Waals surface area contributed by atoms with Crippen LogP contribution < -0.4 is 0 Å². The Morgan fingerprint density at radius 2 is 1.92 bits per heavy atom. The van der Waals surface area contributed by atoms with Crippen LogP contribution in [0.4, 0.5) is 0 Å². The Morgan fingerprint density at radius 1 is 1.15 bits per heavy atom. The molecule has 26 heavy (non-hydrogen) atoms. The maximum Gasteiger partial charge on any atom is 0.155 e. The third kappa shape index (κ3) is 2.07. The molecule has 0 amide bonds. The number of carbonyl (C=O) groups is 2. The zero-order valence-corrected chi connectivity index (χ0v) is 16.1. The van der Waals surface area contributed by atoms with Gasteiger partial charge < -0.3 is 0 Å². The van der Waals surface area contributed by atoms with Gasteiger partial charge in [-0.25, -0.2) is 0 Å². The molecule has 0 radical (unpaired) electrons. The quantitative estimate of drug-likeness (QED) is 0.389. The lowest BCUT2D eigenvalue weighted by molar-refractivity contribution is -0.130. The molecule has 0 saturated heterocycles. The molecule has 0 aromatic heterocycles. The highest BCUT2D eigenvalue weighted by atomic mass is 16.1. The number of nitrogens with zero attached hydrogens (tertiary/aromatic N) is 3. The predicted molar refractivity (Wildman–Crippen MR) is 99.3 cm³/mol. The van der Waals surface area contributed by atoms with E-state index in [1.165, 1.54) is 5.57 Å². The molecule has 6 atom stereocenters. The monoisotopic (exact) mass is 355 g/mol. The van der Waals surface area contributed by atoms with Crippen LogP contribution in [0.3, 0.4) is 0 Å². The SMILES string of the molecule is CC(=O)[C@H]1CC[C@]2(N=[N+]=[N-])[C@@H]3CCC4=CC(=O)CC[C@]4(C)[C@H]3CC[C@]12C. The van der Waals surface area contributed by atoms with Crippen molar-refractivity contribution in [3.05, 3.63) is 22.1 Å². The van der Waals surface area contributed by atoms with Gasteiger partial charge in [-0.3, -0.25) is 9.59 Å². The fourth-order valence-corrected chi connectivity index (χ4v) is 7.50. The van der Waals surface area contributed by atoms with Gasteiger partial charge in [-0.2, -0.15) is 0 Å². The molecule has 0 N–H and O–H groups in total. The van der Waals surface area contributed by atoms with E-state index >= 15 is 0 Å². The van der Waals surface area contributed by atoms with E-state index in [0.29, 0.717) is 18.3 Å². The molecule has 3 saturated carbocycles. The molecule has 140 valence electrons. The highest BCUT2D eigenvalue weighted by Gasteiger charge is 2.67. The van der Waals surface area contributed by atoms with Crippen LogP contribution in [0.5, 0.6) is 0 Å². The van der Waals surface area contributed by atoms with Crippen molar-refractivity contribution < 1.29 is 9.59 Å². The zero-order valence-electron chi connectivity index (χ0n) is 16.1. The number of Topliss-reactive ketones (excluding diaryl/α,β-unsaturated/α-hetero) is 1. The van der Waals surface area contributed by atoms with E-state index in [-0.39, 0.29) is 28.3 Å². The molecule has 0 bridgehead atoms. The van der Waals surface area contributed by atoms with Crippen molar-refractivity contribution in [2.24, 2.45) is 33.7 Å². The summed E-state index contributed by atoms with van der Waals surface area (Å²) in [6.07, 6.45) is 9.01. The maximum absolute atomic E-state index is 12.4. The van der Waals surface area contributed by atoms with Crippen molar-refractivity contribution >= 4 is 11.6 Å². The molecular weight excluding hydrogens is 326 g/mol. The van der Waals surface area contributed by atoms with Gasteiger partial charge in [-0.1, -0.05) is 24.5 Å². The van der Waals surface area contributed by atoms with Crippen molar-refractivity contribution in [1.82, 2.24) is 0 Å². The largest absolute Gasteiger partial charge is 0.300 e. The van der Waals surface area contributed by atoms with Gasteiger partial charge in [-0.15, -0.1) is 0 Å². The minimum absolute atomic E-state index is 0.00614. The number of carbonyl (C=O) groups excluding carboxylic acids is 2. The second-order valence-corrected chi connectivity index (χ2v) is 9.58. The Labute approximate surface area is 155 Å². The van der Waals surface area contributed by atoms with Crippen molar-refractivity contribution in [3.63, 3.8) is 0 Å². The first-order valence-electron chi connectivity index (χ1n) is 10.1. The summed E-state index contributed by atoms with van der Waals surface area (Å²) in [6.45, 7) is 6.23. The topological polar surface area (TPSA) is 82.9 Å². The highest BCUT2D eigenvalue weighted by Crippen LogP contribution is 2.69. The van der Waals surface area contributed by atoms with Crippen LogP contribution >= 0.6 is 0 Å². The first-order chi connectivity index (χ1) is 12.3. The first-order valence-corrected chi connectivity index (χ1v) is 10.1. The number of rotatable bonds is 2. The lowest BCUT2D eigenvalue weighted by Gasteiger charge is -2.61. The summed E-state index contributed by atoms with van der Waals surface area (Å²) in [5, 5.41) is 4.49. The zero-order chi connectivity index (χ0) is 18.7. The van der Waals surface area contributed by atoms with E-state index in [0.717, 1.165) is 44.9 Å². The molecular formula is C21H29N3O2. The lowest BCUT2D eigenvalue weighted by Crippen LogP contribution is -2.60. The van der Waals surface area contributed by atoms with E-state index in [9.17, 15) is 15.1 Å². The van der Waals surface area contributed by atoms with Crippen LogP contribution in [0.15, 0.2) is 16.8 Å². The van der Waals surface area contributed by atoms with E-state index in [1.54, 1.807) is 6.92 Å². The van der Waals surface area contributed by atoms with Gasteiger partial charge in [0.2, 0.25) is 0 Å². The minimum Gasteiger partial charge on any atom is -0.300 e. The average molecular weight is 355 g/mol. The number of azide groups is 1. The summed E-state index contributed by atoms with van der Waals surface area (Å²) in [7, 11) is 0. The van der Waals surface area contributed by atoms with Gasteiger partial charge >= 0.3 is 0 Å². The van der Waals surface area contributed by atoms with Crippen molar-refractivity contribution in [3.8, 4) is 0 Å². The van der Waals surface area contributed by atoms with Crippen LogP contribution in [-0.2, 0) is 9.59 Å². The summed E-state index contributed by atoms with van der Waals surface area (Å²) in [5.41, 5.74) is 10.1. The molecule has 0 unspecified atom stereocenters. The van der Waals surface area contributed by atoms with Crippen LogP contribution in [0, 0.1) is 28.6 Å². The smallest absolute Gasteiger partial charge is 0.155 e. The summed E-state index contributed by atoms with van der Waals surface area (Å²) in [6, 6.07) is 0. The van der Waals surface area contributed by atoms with E-state index in [4.69, 9.17) is 0 Å². The molecule has 0 aromatic carbocycles. The summed E-state index contributed by atoms with van der Waals surface area (Å²) in [4.78, 5) is 27.6. The molecule has 4 aliphatic carbocycles. The van der Waals surface area contributed by atoms with E-state index in [2.05, 4.69) is 23.9 Å². The molecule has 4 aliphatic rings. The highest BCUT2D eigenvalue weighted by molar-refractivity contribution is 5.91. The van der Waals surface area contributed by atoms with Crippen LogP contribution in [0.25, 0.3) is 10.4 Å². The first kappa shape index (κ1) is 17.8. The normalized spacial score (nSPS) is 47.1. The number of allylic oxidation sites excluding steroid dienone is 1. The summed E-state index contributed by atoms with van der Waals surface area (Å²) >= 11 is 0. The Kier molecular flexibility index (Phi) is 3.89. The molecule has 3 fully saturated rings. The van der Waals surface area contributed by atoms with E-state index < -0.39 is 5.54 Å². The van der Waals surface area contributed by atoms with Crippen LogP contribution in [0.1, 0.15) is 72.1 Å². The molecule has 0 spiro atoms. The molecule has 5 nitrogen and oxygen atoms in total. The van der Waals surface area contributed by atoms with Crippen LogP contribution in [-0.4, -0.2) is 17.1 Å². The third-order valence-corrected chi connectivity index (χ3v) is 8.86. The van der Waals surface area contributed by atoms with E-state index in [1.807, 2.05) is 6.08 Å². The third-order valence-electron chi connectivity index (χ3n) is 8.86. The van der Waals surface area contributed by atoms with Gasteiger partial charge in [0.1, 0.15) is 5.78 Å². The average Bonchev–Trinajstić information content (AvgIpc) is 2.89. The Hall–Kier alpha value is -1.61. The van der Waals surface area contributed by atoms with Gasteiger partial charge in [0.05, 0.1) is 5.54 Å². The number of ketones is 2. The minimum atomic E-state index is -0.447. The second kappa shape index (κ2) is 5.69. The summed E-state index contributed by atoms with van der Waals surface area (Å²) < 4.78 is 0. The second-order valence-electron chi connectivity index (χ2n) is 9.58. The standard InChI is InChI=1S/C21H29N3O2/c1-13(25)16-8-11-21(23-24-22)18-5-4-14-12-15(26)6-9-19(14,2)17(18)7-10-20(16,21)3/h12,16-18H,4-11H2,1-3H3/t16-,17+,18-,19+,20-,21+/m1/s1. The van der Waals surface area contributed by atoms with Gasteiger partial charge in [0.15, 0.2) is 5.78 Å². The fourth-order valence-electron chi connectivity index (χ4n) is 7.50. The number of hydrogen-bond donors (Lipinski definition) is 0. The van der Waals surface area contributed by atoms with Gasteiger partial charge in [-0.05, 0) is 86.1 Å². The van der Waals surface area contributed by atoms with Crippen molar-refractivity contribution in [2.75, 3.05) is 0 Å². The molecule has 5 heteroatoms. The molecule has 0 aliphatic heterocycles. The molecule has 0 heterocycles. The number of fused-ring (bicyclic) bond motifs is 5.